The highest BCUT2D eigenvalue weighted by atomic mass is 16.5. The first-order valence-corrected chi connectivity index (χ1v) is 10.0. The first-order valence-electron chi connectivity index (χ1n) is 10.0. The molecular weight excluding hydrogens is 352 g/mol. The molecule has 3 rings (SSSR count). The molecule has 0 unspecified atom stereocenters. The lowest BCUT2D eigenvalue weighted by Gasteiger charge is -2.33. The maximum Gasteiger partial charge on any atom is 0.224 e. The smallest absolute Gasteiger partial charge is 0.224 e. The van der Waals surface area contributed by atoms with Crippen LogP contribution in [0.3, 0.4) is 0 Å². The van der Waals surface area contributed by atoms with E-state index in [9.17, 15) is 4.79 Å². The Morgan fingerprint density at radius 1 is 1.14 bits per heavy atom. The van der Waals surface area contributed by atoms with E-state index in [1.165, 1.54) is 5.56 Å². The number of morpholine rings is 1. The molecule has 0 aliphatic carbocycles. The van der Waals surface area contributed by atoms with Crippen LogP contribution in [0.2, 0.25) is 0 Å². The molecule has 1 atom stereocenters. The summed E-state index contributed by atoms with van der Waals surface area (Å²) in [5, 5.41) is 3.02. The molecule has 1 aliphatic rings. The van der Waals surface area contributed by atoms with Crippen LogP contribution in [0.25, 0.3) is 0 Å². The number of amides is 1. The average molecular weight is 383 g/mol. The van der Waals surface area contributed by atoms with E-state index in [2.05, 4.69) is 34.5 Å². The van der Waals surface area contributed by atoms with Crippen molar-refractivity contribution in [2.24, 2.45) is 0 Å². The number of benzene rings is 2. The Hall–Kier alpha value is -2.37. The third-order valence-corrected chi connectivity index (χ3v) is 5.07. The van der Waals surface area contributed by atoms with Gasteiger partial charge < -0.3 is 14.8 Å². The van der Waals surface area contributed by atoms with Crippen molar-refractivity contribution in [3.05, 3.63) is 65.7 Å². The van der Waals surface area contributed by atoms with Crippen LogP contribution in [-0.2, 0) is 16.0 Å². The Labute approximate surface area is 167 Å². The minimum Gasteiger partial charge on any atom is -0.497 e. The molecule has 28 heavy (non-hydrogen) atoms. The van der Waals surface area contributed by atoms with Crippen molar-refractivity contribution in [3.8, 4) is 5.75 Å². The van der Waals surface area contributed by atoms with Gasteiger partial charge in [-0.15, -0.1) is 0 Å². The third kappa shape index (κ3) is 6.36. The van der Waals surface area contributed by atoms with Crippen LogP contribution < -0.4 is 10.1 Å². The van der Waals surface area contributed by atoms with Gasteiger partial charge in [-0.05, 0) is 42.6 Å². The molecule has 1 aliphatic heterocycles. The maximum atomic E-state index is 12.1. The molecule has 0 aromatic heterocycles. The van der Waals surface area contributed by atoms with E-state index in [-0.39, 0.29) is 12.0 Å². The van der Waals surface area contributed by atoms with Gasteiger partial charge in [0, 0.05) is 19.6 Å². The number of methoxy groups -OCH3 is 1. The predicted molar refractivity (Wildman–Crippen MR) is 111 cm³/mol. The molecule has 1 fully saturated rings. The lowest BCUT2D eigenvalue weighted by molar-refractivity contribution is -0.120. The zero-order valence-corrected chi connectivity index (χ0v) is 16.6. The van der Waals surface area contributed by atoms with Gasteiger partial charge in [0.1, 0.15) is 5.75 Å². The average Bonchev–Trinajstić information content (AvgIpc) is 2.75. The van der Waals surface area contributed by atoms with Crippen molar-refractivity contribution in [2.45, 2.75) is 25.4 Å². The quantitative estimate of drug-likeness (QED) is 0.677. The van der Waals surface area contributed by atoms with E-state index in [0.717, 1.165) is 56.9 Å². The molecule has 150 valence electrons. The number of carbonyl (C=O) groups is 1. The largest absolute Gasteiger partial charge is 0.497 e. The Morgan fingerprint density at radius 3 is 2.68 bits per heavy atom. The van der Waals surface area contributed by atoms with Gasteiger partial charge in [-0.1, -0.05) is 42.5 Å². The summed E-state index contributed by atoms with van der Waals surface area (Å²) in [5.41, 5.74) is 2.25. The van der Waals surface area contributed by atoms with Crippen LogP contribution in [0.5, 0.6) is 5.75 Å². The number of carbonyl (C=O) groups excluding carboxylic acids is 1. The number of ether oxygens (including phenoxy) is 2. The summed E-state index contributed by atoms with van der Waals surface area (Å²) in [5.74, 6) is 0.877. The third-order valence-electron chi connectivity index (χ3n) is 5.07. The molecule has 5 nitrogen and oxygen atoms in total. The van der Waals surface area contributed by atoms with Crippen LogP contribution in [0.15, 0.2) is 54.6 Å². The molecular formula is C23H30N2O3. The number of nitrogens with one attached hydrogen (secondary N) is 1. The van der Waals surface area contributed by atoms with Gasteiger partial charge in [-0.2, -0.15) is 0 Å². The Balaban J connectivity index is 1.30. The highest BCUT2D eigenvalue weighted by Gasteiger charge is 2.21. The van der Waals surface area contributed by atoms with Crippen LogP contribution in [-0.4, -0.2) is 50.7 Å². The molecule has 2 aromatic rings. The van der Waals surface area contributed by atoms with Gasteiger partial charge in [-0.3, -0.25) is 9.69 Å². The molecule has 1 amide bonds. The lowest BCUT2D eigenvalue weighted by atomic mass is 10.1. The molecule has 5 heteroatoms. The van der Waals surface area contributed by atoms with Crippen molar-refractivity contribution in [1.29, 1.82) is 0 Å². The number of nitrogens with zero attached hydrogens (tertiary/aromatic N) is 1. The summed E-state index contributed by atoms with van der Waals surface area (Å²) in [6, 6.07) is 18.0. The normalized spacial score (nSPS) is 17.2. The minimum atomic E-state index is 0.0701. The molecule has 1 heterocycles. The van der Waals surface area contributed by atoms with Gasteiger partial charge in [0.15, 0.2) is 0 Å². The summed E-state index contributed by atoms with van der Waals surface area (Å²) in [4.78, 5) is 14.5. The number of unbranched alkanes of at least 4 members (excludes halogenated alkanes) is 1. The SMILES string of the molecule is COc1ccc(CC(=O)NCCCCN2CCO[C@@H](c3ccccc3)C2)cc1. The van der Waals surface area contributed by atoms with E-state index in [0.29, 0.717) is 6.42 Å². The summed E-state index contributed by atoms with van der Waals surface area (Å²) >= 11 is 0. The molecule has 2 aromatic carbocycles. The van der Waals surface area contributed by atoms with Gasteiger partial charge in [0.2, 0.25) is 5.91 Å². The van der Waals surface area contributed by atoms with E-state index in [1.807, 2.05) is 30.3 Å². The molecule has 1 saturated heterocycles. The molecule has 1 N–H and O–H groups in total. The van der Waals surface area contributed by atoms with Crippen molar-refractivity contribution < 1.29 is 14.3 Å². The summed E-state index contributed by atoms with van der Waals surface area (Å²) in [6.07, 6.45) is 2.64. The van der Waals surface area contributed by atoms with E-state index >= 15 is 0 Å². The number of rotatable bonds is 9. The van der Waals surface area contributed by atoms with Gasteiger partial charge in [0.05, 0.1) is 26.2 Å². The molecule has 0 radical (unpaired) electrons. The lowest BCUT2D eigenvalue weighted by Crippen LogP contribution is -2.39. The van der Waals surface area contributed by atoms with E-state index in [4.69, 9.17) is 9.47 Å². The fraction of sp³-hybridized carbons (Fsp3) is 0.435. The van der Waals surface area contributed by atoms with Crippen molar-refractivity contribution >= 4 is 5.91 Å². The fourth-order valence-electron chi connectivity index (χ4n) is 3.45. The molecule has 0 bridgehead atoms. The highest BCUT2D eigenvalue weighted by molar-refractivity contribution is 5.78. The molecule has 0 saturated carbocycles. The van der Waals surface area contributed by atoms with Crippen molar-refractivity contribution in [3.63, 3.8) is 0 Å². The van der Waals surface area contributed by atoms with E-state index < -0.39 is 0 Å². The van der Waals surface area contributed by atoms with Crippen LogP contribution in [0.1, 0.15) is 30.1 Å². The summed E-state index contributed by atoms with van der Waals surface area (Å²) in [7, 11) is 1.64. The number of hydrogen-bond donors (Lipinski definition) is 1. The second kappa shape index (κ2) is 10.8. The Kier molecular flexibility index (Phi) is 7.88. The topological polar surface area (TPSA) is 50.8 Å². The van der Waals surface area contributed by atoms with Crippen molar-refractivity contribution in [1.82, 2.24) is 10.2 Å². The minimum absolute atomic E-state index is 0.0701. The summed E-state index contributed by atoms with van der Waals surface area (Å²) in [6.45, 7) is 4.46. The van der Waals surface area contributed by atoms with Gasteiger partial charge >= 0.3 is 0 Å². The fourth-order valence-corrected chi connectivity index (χ4v) is 3.45. The number of hydrogen-bond acceptors (Lipinski definition) is 4. The first kappa shape index (κ1) is 20.4. The Bertz CT molecular complexity index is 718. The van der Waals surface area contributed by atoms with Gasteiger partial charge in [-0.25, -0.2) is 0 Å². The molecule has 0 spiro atoms. The van der Waals surface area contributed by atoms with Gasteiger partial charge in [0.25, 0.3) is 0 Å². The predicted octanol–water partition coefficient (Wildman–Crippen LogP) is 3.21. The second-order valence-corrected chi connectivity index (χ2v) is 7.15. The standard InChI is InChI=1S/C23H30N2O3/c1-27-21-11-9-19(10-12-21)17-23(26)24-13-5-6-14-25-15-16-28-22(18-25)20-7-3-2-4-8-20/h2-4,7-12,22H,5-6,13-18H2,1H3,(H,24,26)/t22-/m1/s1. The summed E-state index contributed by atoms with van der Waals surface area (Å²) < 4.78 is 11.1. The monoisotopic (exact) mass is 382 g/mol. The van der Waals surface area contributed by atoms with E-state index in [1.54, 1.807) is 7.11 Å². The Morgan fingerprint density at radius 2 is 1.93 bits per heavy atom. The van der Waals surface area contributed by atoms with Crippen LogP contribution in [0, 0.1) is 0 Å². The maximum absolute atomic E-state index is 12.1. The van der Waals surface area contributed by atoms with Crippen LogP contribution in [0.4, 0.5) is 0 Å². The van der Waals surface area contributed by atoms with Crippen LogP contribution >= 0.6 is 0 Å². The second-order valence-electron chi connectivity index (χ2n) is 7.15. The highest BCUT2D eigenvalue weighted by Crippen LogP contribution is 2.22. The zero-order chi connectivity index (χ0) is 19.6. The first-order chi connectivity index (χ1) is 13.7. The van der Waals surface area contributed by atoms with Crippen molar-refractivity contribution in [2.75, 3.05) is 39.9 Å². The zero-order valence-electron chi connectivity index (χ0n) is 16.6.